The third-order valence-corrected chi connectivity index (χ3v) is 23.4. The summed E-state index contributed by atoms with van der Waals surface area (Å²) < 4.78 is 156. The predicted octanol–water partition coefficient (Wildman–Crippen LogP) is 10.3. The van der Waals surface area contributed by atoms with Crippen molar-refractivity contribution in [3.8, 4) is 41.0 Å². The molecule has 14 aromatic rings. The quantitative estimate of drug-likeness (QED) is 0.0280. The van der Waals surface area contributed by atoms with Crippen LogP contribution in [0.2, 0.25) is 0 Å². The van der Waals surface area contributed by atoms with E-state index in [1.165, 1.54) is 128 Å². The number of nitriles is 3. The normalized spacial score (nSPS) is 12.6. The van der Waals surface area contributed by atoms with Crippen molar-refractivity contribution >= 4 is 103 Å². The van der Waals surface area contributed by atoms with Crippen LogP contribution in [0, 0.1) is 57.3 Å². The summed E-state index contributed by atoms with van der Waals surface area (Å²) in [5.41, 5.74) is 13.8. The van der Waals surface area contributed by atoms with Crippen molar-refractivity contribution in [2.24, 2.45) is 5.73 Å². The number of ether oxygens (including phenoxy) is 2. The number of aliphatic hydroxyl groups excluding tert-OH is 1. The second kappa shape index (κ2) is 51.0. The minimum Gasteiger partial charge on any atom is -0.870 e. The zero-order chi connectivity index (χ0) is 95.2. The number of halogens is 7. The van der Waals surface area contributed by atoms with E-state index in [4.69, 9.17) is 33.6 Å². The number of fused-ring (bicyclic) bond motifs is 4. The van der Waals surface area contributed by atoms with Crippen LogP contribution in [0.3, 0.4) is 0 Å². The van der Waals surface area contributed by atoms with Gasteiger partial charge in [-0.15, -0.1) is 0 Å². The van der Waals surface area contributed by atoms with Crippen LogP contribution >= 0.6 is 15.9 Å². The molecule has 2 aliphatic rings. The summed E-state index contributed by atoms with van der Waals surface area (Å²) in [6, 6.07) is 54.8. The van der Waals surface area contributed by atoms with Crippen LogP contribution < -0.4 is 50.1 Å². The number of hydrogen-bond acceptors (Lipinski definition) is 22. The number of nitrogens with one attached hydrogen (secondary N) is 3. The standard InChI is InChI=1S/C28H27FN6O3S.C16H10FN3O2.C15H10BrFN2O2.C15H8FN3O2.C13H21N3O2S.C2H6O.2CH3F.Na.2H2O/c1-34-12-10-22(11-13-34)33-39(37,38)24-8-2-19(3-9-24)17-31-28(36)25-14-20(16-30)15-27-26(25)18-32-35(27)23-6-4-21(29)5-7-23;1-22-16(21)13-6-10(8-18)7-15-14(13)9-19-20(15)12-4-2-11(17)3-5-12;1-21-15(20)12-6-9(16)7-14-13(12)8-18-19(14)11-4-2-10(17)3-5-11;16-10-1-3-11(4-2-10)19-14-6-9(7-17)5-12(15(20)21)13(14)8-18-19;1-16-8-6-12(7-9-16)15-19(17,18)13-4-2-11(10-14)3-5-13;1-2-3;2*1-2;;;/h2-9,14-15,18,22,33H,10-13,17H2,1H3,(H,31,36);2-7,9H,1H3;2-8H,1H3;1-6,8H,(H,20,21);2-5,12,15H,6-10,14H2,1H3;3H,2H2,1H3;2*1H3;;2*1H2/q;;;;;;;;+1;;/p-1/i;;;;;;2*1D;;;. The molecule has 132 heavy (non-hydrogen) atoms. The molecule has 0 saturated carbocycles. The average Bonchev–Trinajstić information content (AvgIpc) is 1.64. The van der Waals surface area contributed by atoms with Crippen LogP contribution in [0.4, 0.5) is 26.3 Å². The molecule has 2 aliphatic heterocycles. The number of rotatable bonds is 17. The summed E-state index contributed by atoms with van der Waals surface area (Å²) in [6.45, 7) is 6.07. The molecule has 6 heterocycles. The first kappa shape index (κ1) is 104. The first-order valence-corrected chi connectivity index (χ1v) is 42.8. The number of aromatic nitrogens is 8. The van der Waals surface area contributed by atoms with E-state index in [0.29, 0.717) is 83.4 Å². The number of sulfonamides is 2. The smallest absolute Gasteiger partial charge is 0.870 e. The molecule has 41 heteroatoms. The summed E-state index contributed by atoms with van der Waals surface area (Å²) in [5.74, 6) is -3.93. The SMILES string of the molecule is CCO.CN1CCC(NS(=O)(=O)c2ccc(CN)cc2)CC1.CN1CCC(NS(=O)(=O)c2ccc(CNC(=O)c3cc(C#N)cc4c3cnn4-c3ccc(F)cc3)cc2)CC1.COC(=O)c1cc(Br)cc2c1cnn2-c1ccc(F)cc1.COC(=O)c1cc(C#N)cc2c1cnn2-c1ccc(F)cc1.N#Cc1cc(C(=O)O)c2cnn(-c3ccc(F)cc3)c2c1.O.[2H]CF.[2H]CF.[Na+].[OH-]. The minimum absolute atomic E-state index is 0. The molecule has 0 bridgehead atoms. The van der Waals surface area contributed by atoms with Gasteiger partial charge >= 0.3 is 47.5 Å². The maximum atomic E-state index is 13.4. The number of benzene rings is 10. The van der Waals surface area contributed by atoms with Gasteiger partial charge in [-0.3, -0.25) is 13.6 Å². The Morgan fingerprint density at radius 1 is 0.500 bits per heavy atom. The third kappa shape index (κ3) is 27.8. The van der Waals surface area contributed by atoms with Gasteiger partial charge in [0, 0.05) is 57.8 Å². The molecule has 0 radical (unpaired) electrons. The van der Waals surface area contributed by atoms with Crippen molar-refractivity contribution in [2.75, 3.05) is 75.4 Å². The van der Waals surface area contributed by atoms with Crippen molar-refractivity contribution in [1.82, 2.24) is 63.7 Å². The van der Waals surface area contributed by atoms with E-state index in [9.17, 15) is 72.7 Å². The Morgan fingerprint density at radius 3 is 1.08 bits per heavy atom. The van der Waals surface area contributed by atoms with Gasteiger partial charge in [0.25, 0.3) is 5.91 Å². The van der Waals surface area contributed by atoms with Gasteiger partial charge in [0.2, 0.25) is 20.0 Å². The molecule has 686 valence electrons. The van der Waals surface area contributed by atoms with Gasteiger partial charge in [0.15, 0.2) is 0 Å². The average molecular weight is 1930 g/mol. The van der Waals surface area contributed by atoms with Crippen LogP contribution in [0.1, 0.15) is 105 Å². The number of hydrogen-bond donors (Lipinski definition) is 6. The Balaban J connectivity index is 0.000000257. The number of carboxylic acids is 1. The number of carboxylic acid groups (broad SMARTS) is 1. The number of aliphatic hydroxyl groups is 1. The van der Waals surface area contributed by atoms with E-state index in [0.717, 1.165) is 73.0 Å². The molecule has 31 nitrogen and oxygen atoms in total. The number of nitrogens with two attached hydrogens (primary N) is 1. The van der Waals surface area contributed by atoms with Crippen LogP contribution in [0.15, 0.2) is 233 Å². The van der Waals surface area contributed by atoms with E-state index in [1.54, 1.807) is 124 Å². The molecular weight excluding hydrogens is 1840 g/mol. The zero-order valence-electron chi connectivity index (χ0n) is 73.9. The summed E-state index contributed by atoms with van der Waals surface area (Å²) in [6.07, 6.45) is 9.32. The summed E-state index contributed by atoms with van der Waals surface area (Å²) >= 11 is 3.37. The fraction of sp³-hybridized carbons (Fsp3) is 0.220. The molecular formula is C91H91BrF6N17NaO14S2. The molecule has 0 aliphatic carbocycles. The predicted molar refractivity (Wildman–Crippen MR) is 482 cm³/mol. The van der Waals surface area contributed by atoms with Crippen LogP contribution in [-0.4, -0.2) is 198 Å². The number of amides is 1. The Morgan fingerprint density at radius 2 is 0.780 bits per heavy atom. The molecule has 0 spiro atoms. The van der Waals surface area contributed by atoms with Gasteiger partial charge < -0.3 is 51.5 Å². The first-order valence-electron chi connectivity index (χ1n) is 40.5. The second-order valence-corrected chi connectivity index (χ2v) is 32.7. The molecule has 4 aromatic heterocycles. The van der Waals surface area contributed by atoms with Gasteiger partial charge in [-0.05, 0) is 254 Å². The number of aromatic carboxylic acids is 1. The van der Waals surface area contributed by atoms with Gasteiger partial charge in [-0.2, -0.15) is 36.2 Å². The van der Waals surface area contributed by atoms with E-state index in [2.05, 4.69) is 74.0 Å². The number of nitrogens with zero attached hydrogens (tertiary/aromatic N) is 13. The summed E-state index contributed by atoms with van der Waals surface area (Å²) in [4.78, 5) is 53.0. The molecule has 2 saturated heterocycles. The van der Waals surface area contributed by atoms with Crippen molar-refractivity contribution in [3.63, 3.8) is 0 Å². The van der Waals surface area contributed by atoms with Crippen molar-refractivity contribution < 1.29 is 125 Å². The van der Waals surface area contributed by atoms with Crippen molar-refractivity contribution in [2.45, 2.75) is 67.6 Å². The van der Waals surface area contributed by atoms with E-state index in [1.807, 2.05) is 25.3 Å². The number of alkyl halides is 2. The van der Waals surface area contributed by atoms with Gasteiger partial charge in [0.05, 0.1) is 168 Å². The van der Waals surface area contributed by atoms with Crippen molar-refractivity contribution in [3.05, 3.63) is 297 Å². The largest absolute Gasteiger partial charge is 1.00 e. The van der Waals surface area contributed by atoms with Crippen molar-refractivity contribution in [1.29, 1.82) is 15.8 Å². The molecule has 10 N–H and O–H groups in total. The molecule has 0 unspecified atom stereocenters. The Bertz CT molecular complexity index is 6680. The van der Waals surface area contributed by atoms with Crippen LogP contribution in [-0.2, 0) is 42.6 Å². The molecule has 1 amide bonds. The third-order valence-electron chi connectivity index (χ3n) is 19.9. The number of carbonyl (C=O) groups is 4. The number of carbonyl (C=O) groups excluding carboxylic acids is 3. The molecule has 16 rings (SSSR count). The van der Waals surface area contributed by atoms with Crippen LogP contribution in [0.5, 0.6) is 0 Å². The van der Waals surface area contributed by atoms with E-state index < -0.39 is 58.2 Å². The number of methoxy groups -OCH3 is 2. The number of esters is 2. The minimum atomic E-state index is -3.64. The summed E-state index contributed by atoms with van der Waals surface area (Å²) in [7, 11) is -2.37. The topological polar surface area (TPSA) is 468 Å². The fourth-order valence-electron chi connectivity index (χ4n) is 13.4. The first-order chi connectivity index (χ1) is 62.8. The zero-order valence-corrected chi connectivity index (χ0v) is 77.1. The molecule has 10 aromatic carbocycles. The Kier molecular flexibility index (Phi) is 40.4. The summed E-state index contributed by atoms with van der Waals surface area (Å²) in [5, 5.41) is 66.5. The maximum Gasteiger partial charge on any atom is 1.00 e. The van der Waals surface area contributed by atoms with E-state index >= 15 is 0 Å². The van der Waals surface area contributed by atoms with Gasteiger partial charge in [-0.1, -0.05) is 40.2 Å². The molecule has 0 atom stereocenters. The van der Waals surface area contributed by atoms with Gasteiger partial charge in [-0.25, -0.2) is 77.0 Å². The van der Waals surface area contributed by atoms with E-state index in [-0.39, 0.29) is 122 Å². The maximum absolute atomic E-state index is 13.4. The Labute approximate surface area is 789 Å². The van der Waals surface area contributed by atoms with Crippen LogP contribution in [0.25, 0.3) is 66.4 Å². The Hall–Kier alpha value is -12.9. The van der Waals surface area contributed by atoms with Gasteiger partial charge in [0.1, 0.15) is 23.3 Å². The number of piperidine rings is 2. The monoisotopic (exact) mass is 1930 g/mol. The fourth-order valence-corrected chi connectivity index (χ4v) is 16.5. The number of likely N-dealkylation sites (tertiary alicyclic amines) is 2. The second-order valence-electron chi connectivity index (χ2n) is 28.4. The molecule has 2 fully saturated rings.